The van der Waals surface area contributed by atoms with E-state index in [0.717, 1.165) is 34.6 Å². The van der Waals surface area contributed by atoms with E-state index in [9.17, 15) is 18.7 Å². The van der Waals surface area contributed by atoms with Crippen LogP contribution in [0.3, 0.4) is 0 Å². The number of alkyl halides is 2. The number of rotatable bonds is 6. The minimum Gasteiger partial charge on any atom is -0.387 e. The number of hydrogen-bond acceptors (Lipinski definition) is 6. The van der Waals surface area contributed by atoms with Gasteiger partial charge in [-0.2, -0.15) is 4.98 Å². The molecule has 0 fully saturated rings. The highest BCUT2D eigenvalue weighted by atomic mass is 19.3. The standard InChI is InChI=1S/C22H21N5O2.C2H4F2/c1-14-11-21(29)26-18-12-16(7-8-17(14)18)25-22-23-10-9-20(27-22)24-13-19(28)15-5-3-2-4-6-15;1-2(3)4/h2-12,19,28H,13H2,1H3,(H,26,29)(H2,23,24,25,27);2H,1H3. The lowest BCUT2D eigenvalue weighted by Crippen LogP contribution is -2.13. The van der Waals surface area contributed by atoms with E-state index in [2.05, 4.69) is 25.6 Å². The topological polar surface area (TPSA) is 103 Å². The number of aromatic nitrogens is 3. The Morgan fingerprint density at radius 1 is 1.09 bits per heavy atom. The molecule has 0 aliphatic heterocycles. The molecular weight excluding hydrogens is 428 g/mol. The van der Waals surface area contributed by atoms with Gasteiger partial charge in [0.15, 0.2) is 0 Å². The number of aromatic amines is 1. The highest BCUT2D eigenvalue weighted by molar-refractivity contribution is 5.85. The number of aryl methyl sites for hydroxylation is 1. The summed E-state index contributed by atoms with van der Waals surface area (Å²) in [5, 5.41) is 17.5. The normalized spacial score (nSPS) is 11.6. The molecule has 4 rings (SSSR count). The Hall–Kier alpha value is -3.85. The van der Waals surface area contributed by atoms with Gasteiger partial charge < -0.3 is 20.7 Å². The third-order valence-corrected chi connectivity index (χ3v) is 4.62. The molecule has 4 aromatic rings. The zero-order valence-electron chi connectivity index (χ0n) is 18.2. The molecule has 33 heavy (non-hydrogen) atoms. The predicted molar refractivity (Wildman–Crippen MR) is 126 cm³/mol. The van der Waals surface area contributed by atoms with E-state index in [4.69, 9.17) is 0 Å². The van der Waals surface area contributed by atoms with Crippen LogP contribution in [-0.4, -0.2) is 33.0 Å². The van der Waals surface area contributed by atoms with Crippen LogP contribution >= 0.6 is 0 Å². The monoisotopic (exact) mass is 453 g/mol. The van der Waals surface area contributed by atoms with Gasteiger partial charge in [0, 0.05) is 29.9 Å². The van der Waals surface area contributed by atoms with Gasteiger partial charge in [-0.25, -0.2) is 13.8 Å². The van der Waals surface area contributed by atoms with Crippen molar-refractivity contribution in [1.82, 2.24) is 15.0 Å². The molecule has 0 radical (unpaired) electrons. The molecule has 0 bridgehead atoms. The van der Waals surface area contributed by atoms with Crippen molar-refractivity contribution in [2.45, 2.75) is 26.4 Å². The van der Waals surface area contributed by atoms with Crippen LogP contribution in [0.25, 0.3) is 10.9 Å². The SMILES string of the molecule is CC(F)F.Cc1cc(=O)[nH]c2cc(Nc3nccc(NCC(O)c4ccccc4)n3)ccc12. The Balaban J connectivity index is 0.000000709. The molecule has 7 nitrogen and oxygen atoms in total. The van der Waals surface area contributed by atoms with Crippen molar-refractivity contribution in [3.05, 3.63) is 88.3 Å². The van der Waals surface area contributed by atoms with E-state index in [1.165, 1.54) is 0 Å². The van der Waals surface area contributed by atoms with Gasteiger partial charge in [0.05, 0.1) is 11.6 Å². The third-order valence-electron chi connectivity index (χ3n) is 4.62. The van der Waals surface area contributed by atoms with Crippen LogP contribution in [0, 0.1) is 6.92 Å². The summed E-state index contributed by atoms with van der Waals surface area (Å²) >= 11 is 0. The molecule has 0 saturated carbocycles. The minimum atomic E-state index is -2.17. The van der Waals surface area contributed by atoms with Gasteiger partial charge in [0.1, 0.15) is 5.82 Å². The molecule has 9 heteroatoms. The van der Waals surface area contributed by atoms with Crippen LogP contribution in [0.2, 0.25) is 0 Å². The number of nitrogens with zero attached hydrogens (tertiary/aromatic N) is 2. The van der Waals surface area contributed by atoms with Crippen molar-refractivity contribution in [3.63, 3.8) is 0 Å². The fourth-order valence-electron chi connectivity index (χ4n) is 3.15. The molecule has 172 valence electrons. The van der Waals surface area contributed by atoms with Crippen LogP contribution in [0.5, 0.6) is 0 Å². The molecule has 2 aromatic heterocycles. The second kappa shape index (κ2) is 11.1. The molecule has 0 aliphatic carbocycles. The maximum atomic E-state index is 11.7. The first-order valence-corrected chi connectivity index (χ1v) is 10.3. The number of hydrogen-bond donors (Lipinski definition) is 4. The van der Waals surface area contributed by atoms with Crippen molar-refractivity contribution < 1.29 is 13.9 Å². The van der Waals surface area contributed by atoms with Crippen molar-refractivity contribution in [2.75, 3.05) is 17.2 Å². The lowest BCUT2D eigenvalue weighted by Gasteiger charge is -2.13. The smallest absolute Gasteiger partial charge is 0.248 e. The van der Waals surface area contributed by atoms with Crippen LogP contribution < -0.4 is 16.2 Å². The van der Waals surface area contributed by atoms with E-state index < -0.39 is 12.5 Å². The number of benzene rings is 2. The Bertz CT molecular complexity index is 1250. The predicted octanol–water partition coefficient (Wildman–Crippen LogP) is 4.79. The van der Waals surface area contributed by atoms with Gasteiger partial charge in [0.2, 0.25) is 17.9 Å². The Labute approximate surface area is 189 Å². The van der Waals surface area contributed by atoms with Gasteiger partial charge >= 0.3 is 0 Å². The van der Waals surface area contributed by atoms with E-state index in [1.54, 1.807) is 18.3 Å². The summed E-state index contributed by atoms with van der Waals surface area (Å²) in [4.78, 5) is 23.2. The van der Waals surface area contributed by atoms with Crippen LogP contribution in [0.1, 0.15) is 24.2 Å². The Morgan fingerprint density at radius 2 is 1.82 bits per heavy atom. The lowest BCUT2D eigenvalue weighted by atomic mass is 10.1. The number of anilines is 3. The first-order chi connectivity index (χ1) is 15.8. The van der Waals surface area contributed by atoms with Gasteiger partial charge in [-0.3, -0.25) is 4.79 Å². The quantitative estimate of drug-likeness (QED) is 0.335. The maximum absolute atomic E-state index is 11.7. The first-order valence-electron chi connectivity index (χ1n) is 10.3. The second-order valence-electron chi connectivity index (χ2n) is 7.29. The fraction of sp³-hybridized carbons (Fsp3) is 0.208. The number of H-pyrrole nitrogens is 1. The molecular formula is C24H25F2N5O2. The summed E-state index contributed by atoms with van der Waals surface area (Å²) in [7, 11) is 0. The molecule has 0 spiro atoms. The van der Waals surface area contributed by atoms with E-state index in [-0.39, 0.29) is 5.56 Å². The average Bonchev–Trinajstić information content (AvgIpc) is 2.77. The van der Waals surface area contributed by atoms with Crippen LogP contribution in [0.15, 0.2) is 71.7 Å². The van der Waals surface area contributed by atoms with Crippen LogP contribution in [0.4, 0.5) is 26.2 Å². The molecule has 0 saturated heterocycles. The van der Waals surface area contributed by atoms with Crippen molar-refractivity contribution in [3.8, 4) is 0 Å². The molecule has 2 aromatic carbocycles. The maximum Gasteiger partial charge on any atom is 0.248 e. The van der Waals surface area contributed by atoms with E-state index in [0.29, 0.717) is 18.3 Å². The number of halogens is 2. The summed E-state index contributed by atoms with van der Waals surface area (Å²) in [6, 6.07) is 18.5. The minimum absolute atomic E-state index is 0.133. The summed E-state index contributed by atoms with van der Waals surface area (Å²) in [5.74, 6) is 1.01. The Kier molecular flexibility index (Phi) is 8.04. The van der Waals surface area contributed by atoms with Crippen molar-refractivity contribution >= 4 is 28.4 Å². The number of aliphatic hydroxyl groups is 1. The largest absolute Gasteiger partial charge is 0.387 e. The lowest BCUT2D eigenvalue weighted by molar-refractivity contribution is 0.171. The summed E-state index contributed by atoms with van der Waals surface area (Å²) in [6.45, 7) is 3.07. The van der Waals surface area contributed by atoms with Gasteiger partial charge in [0.25, 0.3) is 0 Å². The second-order valence-corrected chi connectivity index (χ2v) is 7.29. The van der Waals surface area contributed by atoms with E-state index in [1.807, 2.05) is 55.5 Å². The Morgan fingerprint density at radius 3 is 2.55 bits per heavy atom. The van der Waals surface area contributed by atoms with Crippen LogP contribution in [-0.2, 0) is 0 Å². The van der Waals surface area contributed by atoms with Crippen molar-refractivity contribution in [1.29, 1.82) is 0 Å². The highest BCUT2D eigenvalue weighted by Gasteiger charge is 2.08. The zero-order chi connectivity index (χ0) is 23.8. The molecule has 1 unspecified atom stereocenters. The fourth-order valence-corrected chi connectivity index (χ4v) is 3.15. The van der Waals surface area contributed by atoms with Gasteiger partial charge in [-0.05, 0) is 43.2 Å². The molecule has 2 heterocycles. The number of fused-ring (bicyclic) bond motifs is 1. The van der Waals surface area contributed by atoms with Crippen molar-refractivity contribution in [2.24, 2.45) is 0 Å². The summed E-state index contributed by atoms with van der Waals surface area (Å²) < 4.78 is 20.7. The van der Waals surface area contributed by atoms with Gasteiger partial charge in [-0.1, -0.05) is 36.4 Å². The third kappa shape index (κ3) is 7.08. The molecule has 1 atom stereocenters. The van der Waals surface area contributed by atoms with Gasteiger partial charge in [-0.15, -0.1) is 0 Å². The molecule has 4 N–H and O–H groups in total. The average molecular weight is 453 g/mol. The number of aliphatic hydroxyl groups excluding tert-OH is 1. The molecule has 0 aliphatic rings. The number of nitrogens with one attached hydrogen (secondary N) is 3. The molecule has 0 amide bonds. The zero-order valence-corrected chi connectivity index (χ0v) is 18.2. The first kappa shape index (κ1) is 23.8. The summed E-state index contributed by atoms with van der Waals surface area (Å²) in [5.41, 5.74) is 3.15. The van der Waals surface area contributed by atoms with E-state index >= 15 is 0 Å². The number of pyridine rings is 1. The highest BCUT2D eigenvalue weighted by Crippen LogP contribution is 2.21. The summed E-state index contributed by atoms with van der Waals surface area (Å²) in [6.07, 6.45) is -1.16.